The van der Waals surface area contributed by atoms with Gasteiger partial charge in [-0.3, -0.25) is 0 Å². The molecule has 0 aliphatic heterocycles. The Morgan fingerprint density at radius 3 is 2.93 bits per heavy atom. The fourth-order valence-corrected chi connectivity index (χ4v) is 2.99. The van der Waals surface area contributed by atoms with Crippen LogP contribution in [0.15, 0.2) is 23.1 Å². The SMILES string of the molecule is CC(C)Sc1ccc2nc(N)sc2c1. The maximum Gasteiger partial charge on any atom is 0.181 e. The molecule has 0 saturated carbocycles. The van der Waals surface area contributed by atoms with Crippen LogP contribution in [0.1, 0.15) is 13.8 Å². The number of fused-ring (bicyclic) bond motifs is 1. The summed E-state index contributed by atoms with van der Waals surface area (Å²) in [6.45, 7) is 4.38. The van der Waals surface area contributed by atoms with Gasteiger partial charge in [-0.1, -0.05) is 25.2 Å². The van der Waals surface area contributed by atoms with Gasteiger partial charge in [0, 0.05) is 10.1 Å². The molecule has 0 radical (unpaired) electrons. The van der Waals surface area contributed by atoms with Crippen LogP contribution in [0, 0.1) is 0 Å². The molecule has 0 aliphatic rings. The fraction of sp³-hybridized carbons (Fsp3) is 0.300. The van der Waals surface area contributed by atoms with Crippen LogP contribution in [0.25, 0.3) is 10.2 Å². The highest BCUT2D eigenvalue weighted by Crippen LogP contribution is 2.30. The van der Waals surface area contributed by atoms with Crippen molar-refractivity contribution < 1.29 is 0 Å². The Bertz CT molecular complexity index is 448. The predicted molar refractivity (Wildman–Crippen MR) is 65.0 cm³/mol. The van der Waals surface area contributed by atoms with Gasteiger partial charge in [0.1, 0.15) is 0 Å². The van der Waals surface area contributed by atoms with Crippen LogP contribution in [0.3, 0.4) is 0 Å². The maximum absolute atomic E-state index is 5.64. The molecule has 0 fully saturated rings. The van der Waals surface area contributed by atoms with Gasteiger partial charge in [0.25, 0.3) is 0 Å². The first-order chi connectivity index (χ1) is 6.65. The Morgan fingerprint density at radius 2 is 2.21 bits per heavy atom. The number of thioether (sulfide) groups is 1. The largest absolute Gasteiger partial charge is 0.375 e. The molecule has 1 aromatic heterocycles. The number of nitrogens with two attached hydrogens (primary N) is 1. The average molecular weight is 224 g/mol. The van der Waals surface area contributed by atoms with Crippen LogP contribution >= 0.6 is 23.1 Å². The molecule has 4 heteroatoms. The third-order valence-corrected chi connectivity index (χ3v) is 3.59. The van der Waals surface area contributed by atoms with E-state index in [4.69, 9.17) is 5.73 Å². The lowest BCUT2D eigenvalue weighted by atomic mass is 10.3. The molecule has 2 rings (SSSR count). The van der Waals surface area contributed by atoms with E-state index in [2.05, 4.69) is 31.0 Å². The number of hydrogen-bond acceptors (Lipinski definition) is 4. The minimum atomic E-state index is 0.609. The van der Waals surface area contributed by atoms with Gasteiger partial charge in [-0.2, -0.15) is 0 Å². The minimum absolute atomic E-state index is 0.609. The number of rotatable bonds is 2. The van der Waals surface area contributed by atoms with Crippen molar-refractivity contribution in [2.45, 2.75) is 24.0 Å². The van der Waals surface area contributed by atoms with Gasteiger partial charge in [-0.05, 0) is 18.2 Å². The van der Waals surface area contributed by atoms with Crippen LogP contribution in [0.2, 0.25) is 0 Å². The molecule has 1 aromatic carbocycles. The molecule has 2 aromatic rings. The van der Waals surface area contributed by atoms with Gasteiger partial charge in [-0.25, -0.2) is 4.98 Å². The first-order valence-corrected chi connectivity index (χ1v) is 6.17. The number of anilines is 1. The summed E-state index contributed by atoms with van der Waals surface area (Å²) < 4.78 is 1.17. The third kappa shape index (κ3) is 2.01. The first-order valence-electron chi connectivity index (χ1n) is 4.48. The smallest absolute Gasteiger partial charge is 0.181 e. The van der Waals surface area contributed by atoms with Crippen molar-refractivity contribution in [3.8, 4) is 0 Å². The number of aromatic nitrogens is 1. The molecule has 0 bridgehead atoms. The molecular formula is C10H12N2S2. The maximum atomic E-state index is 5.64. The summed E-state index contributed by atoms with van der Waals surface area (Å²) in [6, 6.07) is 6.30. The standard InChI is InChI=1S/C10H12N2S2/c1-6(2)13-7-3-4-8-9(5-7)14-10(11)12-8/h3-6H,1-2H3,(H2,11,12). The van der Waals surface area contributed by atoms with E-state index in [1.54, 1.807) is 11.3 Å². The summed E-state index contributed by atoms with van der Waals surface area (Å²) in [4.78, 5) is 5.51. The molecule has 74 valence electrons. The van der Waals surface area contributed by atoms with E-state index in [0.29, 0.717) is 10.4 Å². The van der Waals surface area contributed by atoms with Crippen LogP contribution in [0.4, 0.5) is 5.13 Å². The minimum Gasteiger partial charge on any atom is -0.375 e. The van der Waals surface area contributed by atoms with Crippen molar-refractivity contribution in [1.29, 1.82) is 0 Å². The lowest BCUT2D eigenvalue weighted by Gasteiger charge is -2.03. The Labute approximate surface area is 91.5 Å². The second kappa shape index (κ2) is 3.79. The zero-order chi connectivity index (χ0) is 10.1. The highest BCUT2D eigenvalue weighted by atomic mass is 32.2. The Hall–Kier alpha value is -0.740. The molecule has 1 heterocycles. The van der Waals surface area contributed by atoms with Crippen molar-refractivity contribution in [3.05, 3.63) is 18.2 Å². The molecule has 0 saturated heterocycles. The summed E-state index contributed by atoms with van der Waals surface area (Å²) in [7, 11) is 0. The molecule has 0 unspecified atom stereocenters. The monoisotopic (exact) mass is 224 g/mol. The van der Waals surface area contributed by atoms with Gasteiger partial charge >= 0.3 is 0 Å². The van der Waals surface area contributed by atoms with E-state index in [-0.39, 0.29) is 0 Å². The van der Waals surface area contributed by atoms with Gasteiger partial charge in [0.2, 0.25) is 0 Å². The fourth-order valence-electron chi connectivity index (χ4n) is 1.27. The second-order valence-electron chi connectivity index (χ2n) is 3.35. The molecule has 0 spiro atoms. The summed E-state index contributed by atoms with van der Waals surface area (Å²) in [5.41, 5.74) is 6.64. The second-order valence-corrected chi connectivity index (χ2v) is 6.06. The van der Waals surface area contributed by atoms with Crippen LogP contribution in [-0.2, 0) is 0 Å². The van der Waals surface area contributed by atoms with Crippen LogP contribution in [0.5, 0.6) is 0 Å². The Balaban J connectivity index is 2.40. The summed E-state index contributed by atoms with van der Waals surface area (Å²) >= 11 is 3.41. The molecule has 2 N–H and O–H groups in total. The number of nitrogens with zero attached hydrogens (tertiary/aromatic N) is 1. The zero-order valence-corrected chi connectivity index (χ0v) is 9.78. The van der Waals surface area contributed by atoms with E-state index in [9.17, 15) is 0 Å². The van der Waals surface area contributed by atoms with Crippen molar-refractivity contribution in [2.75, 3.05) is 5.73 Å². The molecule has 0 atom stereocenters. The number of benzene rings is 1. The lowest BCUT2D eigenvalue weighted by Crippen LogP contribution is -1.84. The number of nitrogen functional groups attached to an aromatic ring is 1. The molecule has 14 heavy (non-hydrogen) atoms. The van der Waals surface area contributed by atoms with Crippen molar-refractivity contribution in [3.63, 3.8) is 0 Å². The average Bonchev–Trinajstić information content (AvgIpc) is 2.42. The molecule has 0 amide bonds. The molecule has 2 nitrogen and oxygen atoms in total. The van der Waals surface area contributed by atoms with Gasteiger partial charge < -0.3 is 5.73 Å². The summed E-state index contributed by atoms with van der Waals surface area (Å²) in [5, 5.41) is 1.25. The number of thiazole rings is 1. The van der Waals surface area contributed by atoms with Gasteiger partial charge in [0.05, 0.1) is 10.2 Å². The quantitative estimate of drug-likeness (QED) is 0.795. The Kier molecular flexibility index (Phi) is 2.65. The lowest BCUT2D eigenvalue weighted by molar-refractivity contribution is 1.11. The number of hydrogen-bond donors (Lipinski definition) is 1. The summed E-state index contributed by atoms with van der Waals surface area (Å²) in [5.74, 6) is 0. The van der Waals surface area contributed by atoms with Crippen molar-refractivity contribution in [1.82, 2.24) is 4.98 Å². The predicted octanol–water partition coefficient (Wildman–Crippen LogP) is 3.38. The van der Waals surface area contributed by atoms with Crippen LogP contribution < -0.4 is 5.73 Å². The van der Waals surface area contributed by atoms with Crippen molar-refractivity contribution >= 4 is 38.4 Å². The van der Waals surface area contributed by atoms with E-state index in [1.165, 1.54) is 9.60 Å². The van der Waals surface area contributed by atoms with Gasteiger partial charge in [-0.15, -0.1) is 11.8 Å². The van der Waals surface area contributed by atoms with E-state index in [0.717, 1.165) is 5.52 Å². The molecule has 0 aliphatic carbocycles. The van der Waals surface area contributed by atoms with Crippen molar-refractivity contribution in [2.24, 2.45) is 0 Å². The topological polar surface area (TPSA) is 38.9 Å². The highest BCUT2D eigenvalue weighted by molar-refractivity contribution is 7.99. The third-order valence-electron chi connectivity index (χ3n) is 1.75. The Morgan fingerprint density at radius 1 is 1.43 bits per heavy atom. The van der Waals surface area contributed by atoms with E-state index >= 15 is 0 Å². The van der Waals surface area contributed by atoms with Gasteiger partial charge in [0.15, 0.2) is 5.13 Å². The first kappa shape index (κ1) is 9.80. The molecular weight excluding hydrogens is 212 g/mol. The highest BCUT2D eigenvalue weighted by Gasteiger charge is 2.03. The normalized spacial score (nSPS) is 11.4. The van der Waals surface area contributed by atoms with Crippen LogP contribution in [-0.4, -0.2) is 10.2 Å². The van der Waals surface area contributed by atoms with E-state index in [1.807, 2.05) is 17.8 Å². The zero-order valence-electron chi connectivity index (χ0n) is 8.15. The van der Waals surface area contributed by atoms with E-state index < -0.39 is 0 Å². The summed E-state index contributed by atoms with van der Waals surface area (Å²) in [6.07, 6.45) is 0.